The number of nitrogens with two attached hydrogens (primary N) is 1. The van der Waals surface area contributed by atoms with Crippen molar-refractivity contribution in [1.29, 1.82) is 0 Å². The Balaban J connectivity index is 1.96. The molecule has 4 N–H and O–H groups in total. The molecule has 1 unspecified atom stereocenters. The molecule has 1 aromatic carbocycles. The zero-order chi connectivity index (χ0) is 26.2. The van der Waals surface area contributed by atoms with Gasteiger partial charge in [0.2, 0.25) is 0 Å². The topological polar surface area (TPSA) is 127 Å². The Kier molecular flexibility index (Phi) is 6.35. The summed E-state index contributed by atoms with van der Waals surface area (Å²) in [6.07, 6.45) is -1.10. The van der Waals surface area contributed by atoms with Crippen molar-refractivity contribution in [2.75, 3.05) is 5.32 Å². The zero-order valence-corrected chi connectivity index (χ0v) is 18.9. The Labute approximate surface area is 201 Å². The minimum Gasteiger partial charge on any atom is -0.455 e. The minimum absolute atomic E-state index is 0.00210. The van der Waals surface area contributed by atoms with Gasteiger partial charge in [-0.1, -0.05) is 5.16 Å². The number of alkyl halides is 3. The SMILES string of the molecule is Cc1c(-c2cncc(F)c2)oc2c(C(C)Nc3cccnc3C(N)=NO)cc(C(F)(F)F)cc2c1=O. The predicted octanol–water partition coefficient (Wildman–Crippen LogP) is 4.98. The number of hydrogen-bond acceptors (Lipinski definition) is 7. The van der Waals surface area contributed by atoms with Crippen molar-refractivity contribution in [3.63, 3.8) is 0 Å². The minimum atomic E-state index is -4.75. The third kappa shape index (κ3) is 4.57. The average Bonchev–Trinajstić information content (AvgIpc) is 2.84. The van der Waals surface area contributed by atoms with Crippen LogP contribution < -0.4 is 16.5 Å². The van der Waals surface area contributed by atoms with E-state index >= 15 is 0 Å². The first-order valence-electron chi connectivity index (χ1n) is 10.5. The van der Waals surface area contributed by atoms with Crippen LogP contribution in [0.4, 0.5) is 23.2 Å². The normalized spacial score (nSPS) is 13.1. The molecule has 1 atom stereocenters. The largest absolute Gasteiger partial charge is 0.455 e. The van der Waals surface area contributed by atoms with E-state index < -0.39 is 29.0 Å². The lowest BCUT2D eigenvalue weighted by atomic mass is 9.98. The van der Waals surface area contributed by atoms with Gasteiger partial charge in [-0.05, 0) is 44.2 Å². The van der Waals surface area contributed by atoms with Gasteiger partial charge in [0.25, 0.3) is 0 Å². The number of oxime groups is 1. The van der Waals surface area contributed by atoms with Crippen LogP contribution in [0.25, 0.3) is 22.3 Å². The Morgan fingerprint density at radius 3 is 2.67 bits per heavy atom. The second-order valence-corrected chi connectivity index (χ2v) is 7.97. The third-order valence-corrected chi connectivity index (χ3v) is 5.54. The highest BCUT2D eigenvalue weighted by atomic mass is 19.4. The summed E-state index contributed by atoms with van der Waals surface area (Å²) in [6.45, 7) is 2.92. The van der Waals surface area contributed by atoms with Gasteiger partial charge in [0, 0.05) is 29.1 Å². The molecule has 0 aliphatic heterocycles. The van der Waals surface area contributed by atoms with Crippen molar-refractivity contribution >= 4 is 22.5 Å². The lowest BCUT2D eigenvalue weighted by Crippen LogP contribution is -2.19. The van der Waals surface area contributed by atoms with Gasteiger partial charge in [0.05, 0.1) is 28.9 Å². The first-order valence-corrected chi connectivity index (χ1v) is 10.5. The molecule has 0 aliphatic carbocycles. The maximum Gasteiger partial charge on any atom is 0.416 e. The maximum absolute atomic E-state index is 13.8. The fourth-order valence-corrected chi connectivity index (χ4v) is 3.80. The molecule has 0 amide bonds. The van der Waals surface area contributed by atoms with Gasteiger partial charge >= 0.3 is 6.18 Å². The maximum atomic E-state index is 13.8. The van der Waals surface area contributed by atoms with Crippen LogP contribution in [0, 0.1) is 12.7 Å². The van der Waals surface area contributed by atoms with Crippen molar-refractivity contribution in [3.8, 4) is 11.3 Å². The molecule has 0 saturated carbocycles. The van der Waals surface area contributed by atoms with E-state index in [0.29, 0.717) is 0 Å². The van der Waals surface area contributed by atoms with Crippen LogP contribution in [0.1, 0.15) is 35.3 Å². The molecule has 36 heavy (non-hydrogen) atoms. The van der Waals surface area contributed by atoms with Gasteiger partial charge in [-0.25, -0.2) is 4.39 Å². The Bertz CT molecular complexity index is 1550. The number of halogens is 4. The molecule has 4 aromatic rings. The summed E-state index contributed by atoms with van der Waals surface area (Å²) in [5.74, 6) is -1.02. The Morgan fingerprint density at radius 2 is 2.00 bits per heavy atom. The quantitative estimate of drug-likeness (QED) is 0.116. The molecule has 3 aromatic heterocycles. The van der Waals surface area contributed by atoms with Gasteiger partial charge < -0.3 is 20.7 Å². The summed E-state index contributed by atoms with van der Waals surface area (Å²) in [7, 11) is 0. The molecule has 0 fully saturated rings. The van der Waals surface area contributed by atoms with Crippen LogP contribution in [-0.4, -0.2) is 21.0 Å². The molecular formula is C24H19F4N5O3. The highest BCUT2D eigenvalue weighted by Gasteiger charge is 2.33. The number of fused-ring (bicyclic) bond motifs is 1. The summed E-state index contributed by atoms with van der Waals surface area (Å²) in [6, 6.07) is 4.90. The van der Waals surface area contributed by atoms with E-state index in [0.717, 1.165) is 24.4 Å². The standard InChI is InChI=1S/C24H19F4N5O3/c1-11-20(34)17-8-14(24(26,27)28)7-16(22(17)36-21(11)13-6-15(25)10-30-9-13)12(2)32-18-4-3-5-31-19(18)23(29)33-35/h3-10,12,32,35H,1-2H3,(H2,29,33). The number of amidine groups is 1. The zero-order valence-electron chi connectivity index (χ0n) is 18.9. The number of aromatic nitrogens is 2. The molecule has 3 heterocycles. The van der Waals surface area contributed by atoms with Gasteiger partial charge in [0.1, 0.15) is 22.9 Å². The molecule has 0 bridgehead atoms. The Hall–Kier alpha value is -4.48. The molecular weight excluding hydrogens is 482 g/mol. The van der Waals surface area contributed by atoms with Crippen molar-refractivity contribution < 1.29 is 27.2 Å². The summed E-state index contributed by atoms with van der Waals surface area (Å²) in [4.78, 5) is 21.0. The van der Waals surface area contributed by atoms with Crippen molar-refractivity contribution in [1.82, 2.24) is 9.97 Å². The first kappa shape index (κ1) is 24.6. The van der Waals surface area contributed by atoms with Gasteiger partial charge in [0.15, 0.2) is 11.3 Å². The van der Waals surface area contributed by atoms with E-state index in [2.05, 4.69) is 20.4 Å². The highest BCUT2D eigenvalue weighted by Crippen LogP contribution is 2.37. The third-order valence-electron chi connectivity index (χ3n) is 5.54. The van der Waals surface area contributed by atoms with E-state index in [4.69, 9.17) is 15.4 Å². The van der Waals surface area contributed by atoms with Crippen LogP contribution in [0.5, 0.6) is 0 Å². The average molecular weight is 501 g/mol. The summed E-state index contributed by atoms with van der Waals surface area (Å²) >= 11 is 0. The van der Waals surface area contributed by atoms with Crippen molar-refractivity contribution in [2.24, 2.45) is 10.9 Å². The van der Waals surface area contributed by atoms with Crippen molar-refractivity contribution in [3.05, 3.63) is 87.3 Å². The van der Waals surface area contributed by atoms with Crippen LogP contribution in [0.2, 0.25) is 0 Å². The fourth-order valence-electron chi connectivity index (χ4n) is 3.80. The number of hydrogen-bond donors (Lipinski definition) is 3. The summed E-state index contributed by atoms with van der Waals surface area (Å²) < 4.78 is 61.0. The second kappa shape index (κ2) is 9.29. The summed E-state index contributed by atoms with van der Waals surface area (Å²) in [5.41, 5.74) is 4.27. The summed E-state index contributed by atoms with van der Waals surface area (Å²) in [5, 5.41) is 14.6. The van der Waals surface area contributed by atoms with Crippen LogP contribution >= 0.6 is 0 Å². The lowest BCUT2D eigenvalue weighted by molar-refractivity contribution is -0.137. The monoisotopic (exact) mass is 501 g/mol. The number of anilines is 1. The molecule has 0 aliphatic rings. The lowest BCUT2D eigenvalue weighted by Gasteiger charge is -2.21. The van der Waals surface area contributed by atoms with E-state index in [1.165, 1.54) is 25.4 Å². The molecule has 0 saturated heterocycles. The van der Waals surface area contributed by atoms with Gasteiger partial charge in [-0.2, -0.15) is 13.2 Å². The number of pyridine rings is 2. The van der Waals surface area contributed by atoms with Gasteiger partial charge in [-0.3, -0.25) is 14.8 Å². The Morgan fingerprint density at radius 1 is 1.25 bits per heavy atom. The molecule has 0 radical (unpaired) electrons. The van der Waals surface area contributed by atoms with Gasteiger partial charge in [-0.15, -0.1) is 0 Å². The number of rotatable bonds is 5. The fraction of sp³-hybridized carbons (Fsp3) is 0.167. The molecule has 12 heteroatoms. The second-order valence-electron chi connectivity index (χ2n) is 7.97. The number of benzene rings is 1. The number of nitrogens with one attached hydrogen (secondary N) is 1. The predicted molar refractivity (Wildman–Crippen MR) is 124 cm³/mol. The van der Waals surface area contributed by atoms with E-state index in [9.17, 15) is 22.4 Å². The van der Waals surface area contributed by atoms with Crippen LogP contribution in [0.15, 0.2) is 63.3 Å². The van der Waals surface area contributed by atoms with Crippen molar-refractivity contribution in [2.45, 2.75) is 26.1 Å². The van der Waals surface area contributed by atoms with E-state index in [1.54, 1.807) is 13.0 Å². The van der Waals surface area contributed by atoms with Crippen LogP contribution in [0.3, 0.4) is 0 Å². The highest BCUT2D eigenvalue weighted by molar-refractivity contribution is 6.00. The van der Waals surface area contributed by atoms with E-state index in [1.807, 2.05) is 0 Å². The smallest absolute Gasteiger partial charge is 0.416 e. The molecule has 0 spiro atoms. The molecule has 186 valence electrons. The van der Waals surface area contributed by atoms with Crippen LogP contribution in [-0.2, 0) is 6.18 Å². The number of nitrogens with zero attached hydrogens (tertiary/aromatic N) is 3. The molecule has 4 rings (SSSR count). The molecule has 8 nitrogen and oxygen atoms in total. The first-order chi connectivity index (χ1) is 17.0. The van der Waals surface area contributed by atoms with E-state index in [-0.39, 0.29) is 50.6 Å².